The zero-order valence-corrected chi connectivity index (χ0v) is 12.9. The van der Waals surface area contributed by atoms with E-state index in [0.29, 0.717) is 35.7 Å². The minimum Gasteiger partial charge on any atom is -0.352 e. The third-order valence-electron chi connectivity index (χ3n) is 3.08. The number of anilines is 1. The van der Waals surface area contributed by atoms with Crippen LogP contribution in [0.1, 0.15) is 29.3 Å². The van der Waals surface area contributed by atoms with E-state index in [4.69, 9.17) is 11.6 Å². The first-order valence-electron chi connectivity index (χ1n) is 6.95. The summed E-state index contributed by atoms with van der Waals surface area (Å²) in [5.74, 6) is -0.429. The van der Waals surface area contributed by atoms with Gasteiger partial charge < -0.3 is 10.6 Å². The molecule has 6 nitrogen and oxygen atoms in total. The van der Waals surface area contributed by atoms with Crippen molar-refractivity contribution in [3.63, 3.8) is 0 Å². The predicted octanol–water partition coefficient (Wildman–Crippen LogP) is 2.38. The molecule has 0 bridgehead atoms. The van der Waals surface area contributed by atoms with Gasteiger partial charge in [0.15, 0.2) is 0 Å². The van der Waals surface area contributed by atoms with E-state index in [2.05, 4.69) is 20.8 Å². The second-order valence-electron chi connectivity index (χ2n) is 4.70. The molecule has 2 amide bonds. The zero-order valence-electron chi connectivity index (χ0n) is 12.1. The molecule has 0 unspecified atom stereocenters. The van der Waals surface area contributed by atoms with Crippen LogP contribution in [0.15, 0.2) is 30.6 Å². The summed E-state index contributed by atoms with van der Waals surface area (Å²) < 4.78 is 0. The lowest BCUT2D eigenvalue weighted by Gasteiger charge is -2.11. The van der Waals surface area contributed by atoms with Gasteiger partial charge in [-0.25, -0.2) is 0 Å². The maximum absolute atomic E-state index is 12.2. The van der Waals surface area contributed by atoms with E-state index in [1.807, 2.05) is 0 Å². The van der Waals surface area contributed by atoms with Crippen LogP contribution in [0.25, 0.3) is 0 Å². The average Bonchev–Trinajstić information content (AvgIpc) is 3.00. The molecule has 3 N–H and O–H groups in total. The number of nitrogens with one attached hydrogen (secondary N) is 3. The minimum absolute atomic E-state index is 0.172. The Hall–Kier alpha value is -2.34. The summed E-state index contributed by atoms with van der Waals surface area (Å²) in [5.41, 5.74) is 1.81. The van der Waals surface area contributed by atoms with Crippen LogP contribution in [0.4, 0.5) is 5.69 Å². The SMILES string of the molecule is CCC(=O)Nc1cc(Cl)ccc1C(=O)NCCc1cn[nH]c1. The molecule has 22 heavy (non-hydrogen) atoms. The Morgan fingerprint density at radius 3 is 2.86 bits per heavy atom. The first-order chi connectivity index (χ1) is 10.6. The first kappa shape index (κ1) is 16.0. The van der Waals surface area contributed by atoms with Gasteiger partial charge in [0.2, 0.25) is 5.91 Å². The quantitative estimate of drug-likeness (QED) is 0.763. The summed E-state index contributed by atoms with van der Waals surface area (Å²) in [7, 11) is 0. The van der Waals surface area contributed by atoms with Crippen molar-refractivity contribution in [2.75, 3.05) is 11.9 Å². The zero-order chi connectivity index (χ0) is 15.9. The van der Waals surface area contributed by atoms with Gasteiger partial charge in [-0.15, -0.1) is 0 Å². The summed E-state index contributed by atoms with van der Waals surface area (Å²) in [6, 6.07) is 4.79. The second-order valence-corrected chi connectivity index (χ2v) is 5.14. The van der Waals surface area contributed by atoms with E-state index >= 15 is 0 Å². The van der Waals surface area contributed by atoms with Crippen molar-refractivity contribution >= 4 is 29.1 Å². The summed E-state index contributed by atoms with van der Waals surface area (Å²) in [6.45, 7) is 2.21. The molecule has 1 heterocycles. The van der Waals surface area contributed by atoms with Gasteiger partial charge in [-0.2, -0.15) is 5.10 Å². The molecule has 1 aromatic heterocycles. The van der Waals surface area contributed by atoms with Crippen molar-refractivity contribution in [3.05, 3.63) is 46.7 Å². The molecule has 2 aromatic rings. The Labute approximate surface area is 133 Å². The Balaban J connectivity index is 2.03. The molecule has 0 aliphatic rings. The van der Waals surface area contributed by atoms with Gasteiger partial charge in [-0.1, -0.05) is 18.5 Å². The van der Waals surface area contributed by atoms with Crippen molar-refractivity contribution in [1.29, 1.82) is 0 Å². The average molecular weight is 321 g/mol. The summed E-state index contributed by atoms with van der Waals surface area (Å²) in [5, 5.41) is 12.5. The molecule has 0 spiro atoms. The maximum Gasteiger partial charge on any atom is 0.253 e. The molecule has 1 aromatic carbocycles. The van der Waals surface area contributed by atoms with E-state index in [1.165, 1.54) is 0 Å². The van der Waals surface area contributed by atoms with Gasteiger partial charge in [-0.3, -0.25) is 14.7 Å². The smallest absolute Gasteiger partial charge is 0.253 e. The number of aromatic amines is 1. The Morgan fingerprint density at radius 1 is 1.36 bits per heavy atom. The number of hydrogen-bond acceptors (Lipinski definition) is 3. The topological polar surface area (TPSA) is 86.9 Å². The van der Waals surface area contributed by atoms with Crippen molar-refractivity contribution in [2.24, 2.45) is 0 Å². The van der Waals surface area contributed by atoms with Gasteiger partial charge in [0.05, 0.1) is 17.4 Å². The number of benzene rings is 1. The first-order valence-corrected chi connectivity index (χ1v) is 7.33. The van der Waals surface area contributed by atoms with Crippen molar-refractivity contribution in [1.82, 2.24) is 15.5 Å². The number of aromatic nitrogens is 2. The predicted molar refractivity (Wildman–Crippen MR) is 85.0 cm³/mol. The van der Waals surface area contributed by atoms with Crippen LogP contribution in [0.5, 0.6) is 0 Å². The molecule has 2 rings (SSSR count). The van der Waals surface area contributed by atoms with Gasteiger partial charge in [0.25, 0.3) is 5.91 Å². The standard InChI is InChI=1S/C15H17ClN4O2/c1-2-14(21)20-13-7-11(16)3-4-12(13)15(22)17-6-5-10-8-18-19-9-10/h3-4,7-9H,2,5-6H2,1H3,(H,17,22)(H,18,19)(H,20,21). The van der Waals surface area contributed by atoms with Crippen molar-refractivity contribution in [2.45, 2.75) is 19.8 Å². The lowest BCUT2D eigenvalue weighted by atomic mass is 10.1. The van der Waals surface area contributed by atoms with E-state index in [0.717, 1.165) is 5.56 Å². The molecule has 7 heteroatoms. The molecule has 0 aliphatic carbocycles. The third kappa shape index (κ3) is 4.33. The highest BCUT2D eigenvalue weighted by Crippen LogP contribution is 2.21. The number of carbonyl (C=O) groups is 2. The lowest BCUT2D eigenvalue weighted by molar-refractivity contribution is -0.115. The molecule has 0 fully saturated rings. The lowest BCUT2D eigenvalue weighted by Crippen LogP contribution is -2.27. The van der Waals surface area contributed by atoms with E-state index in [1.54, 1.807) is 37.5 Å². The van der Waals surface area contributed by atoms with Crippen LogP contribution in [-0.2, 0) is 11.2 Å². The van der Waals surface area contributed by atoms with Crippen LogP contribution in [0.2, 0.25) is 5.02 Å². The Kier molecular flexibility index (Phi) is 5.55. The van der Waals surface area contributed by atoms with Gasteiger partial charge in [0.1, 0.15) is 0 Å². The Morgan fingerprint density at radius 2 is 2.18 bits per heavy atom. The number of H-pyrrole nitrogens is 1. The van der Waals surface area contributed by atoms with Crippen LogP contribution >= 0.6 is 11.6 Å². The number of halogens is 1. The second kappa shape index (κ2) is 7.61. The highest BCUT2D eigenvalue weighted by Gasteiger charge is 2.13. The normalized spacial score (nSPS) is 10.3. The van der Waals surface area contributed by atoms with Gasteiger partial charge in [0, 0.05) is 24.2 Å². The van der Waals surface area contributed by atoms with E-state index in [9.17, 15) is 9.59 Å². The van der Waals surface area contributed by atoms with E-state index < -0.39 is 0 Å². The van der Waals surface area contributed by atoms with Gasteiger partial charge >= 0.3 is 0 Å². The third-order valence-corrected chi connectivity index (χ3v) is 3.31. The van der Waals surface area contributed by atoms with Crippen LogP contribution in [0, 0.1) is 0 Å². The number of amides is 2. The van der Waals surface area contributed by atoms with Gasteiger partial charge in [-0.05, 0) is 30.2 Å². The fraction of sp³-hybridized carbons (Fsp3) is 0.267. The Bertz CT molecular complexity index is 656. The summed E-state index contributed by atoms with van der Waals surface area (Å²) in [6.07, 6.45) is 4.49. The molecular weight excluding hydrogens is 304 g/mol. The fourth-order valence-corrected chi connectivity index (χ4v) is 2.06. The number of hydrogen-bond donors (Lipinski definition) is 3. The van der Waals surface area contributed by atoms with Crippen LogP contribution < -0.4 is 10.6 Å². The summed E-state index contributed by atoms with van der Waals surface area (Å²) >= 11 is 5.93. The summed E-state index contributed by atoms with van der Waals surface area (Å²) in [4.78, 5) is 23.8. The molecular formula is C15H17ClN4O2. The van der Waals surface area contributed by atoms with E-state index in [-0.39, 0.29) is 11.8 Å². The highest BCUT2D eigenvalue weighted by atomic mass is 35.5. The molecule has 0 saturated carbocycles. The molecule has 0 atom stereocenters. The molecule has 116 valence electrons. The maximum atomic E-state index is 12.2. The van der Waals surface area contributed by atoms with Crippen molar-refractivity contribution in [3.8, 4) is 0 Å². The molecule has 0 radical (unpaired) electrons. The largest absolute Gasteiger partial charge is 0.352 e. The monoisotopic (exact) mass is 320 g/mol. The van der Waals surface area contributed by atoms with Crippen LogP contribution in [-0.4, -0.2) is 28.6 Å². The molecule has 0 aliphatic heterocycles. The molecule has 0 saturated heterocycles. The van der Waals surface area contributed by atoms with Crippen LogP contribution in [0.3, 0.4) is 0 Å². The number of nitrogens with zero attached hydrogens (tertiary/aromatic N) is 1. The highest BCUT2D eigenvalue weighted by molar-refractivity contribution is 6.31. The number of carbonyl (C=O) groups excluding carboxylic acids is 2. The number of rotatable bonds is 6. The van der Waals surface area contributed by atoms with Crippen molar-refractivity contribution < 1.29 is 9.59 Å². The minimum atomic E-state index is -0.258. The fourth-order valence-electron chi connectivity index (χ4n) is 1.89.